The Kier molecular flexibility index (Phi) is 4.63. The molecule has 1 atom stereocenters. The third-order valence-corrected chi connectivity index (χ3v) is 4.52. The van der Waals surface area contributed by atoms with Crippen molar-refractivity contribution in [3.8, 4) is 6.07 Å². The van der Waals surface area contributed by atoms with Gasteiger partial charge >= 0.3 is 0 Å². The molecule has 0 aliphatic carbocycles. The Labute approximate surface area is 116 Å². The van der Waals surface area contributed by atoms with Gasteiger partial charge in [0.25, 0.3) is 5.69 Å². The Bertz CT molecular complexity index is 507. The number of rotatable bonds is 4. The van der Waals surface area contributed by atoms with E-state index in [-0.39, 0.29) is 11.3 Å². The summed E-state index contributed by atoms with van der Waals surface area (Å²) in [7, 11) is 0. The first-order valence-corrected chi connectivity index (χ1v) is 7.29. The van der Waals surface area contributed by atoms with Crippen LogP contribution in [0.15, 0.2) is 18.2 Å². The number of nitrogens with one attached hydrogen (secondary N) is 1. The zero-order chi connectivity index (χ0) is 13.7. The standard InChI is InChI=1S/C13H15N3O2S/c14-8-10-4-5-11(7-13(10)16(17)18)15-9-12-3-1-2-6-19-12/h4-5,7,12,15H,1-3,6,9H2. The third-order valence-electron chi connectivity index (χ3n) is 3.12. The van der Waals surface area contributed by atoms with Crippen molar-refractivity contribution < 1.29 is 4.92 Å². The maximum Gasteiger partial charge on any atom is 0.289 e. The molecule has 0 amide bonds. The number of benzene rings is 1. The monoisotopic (exact) mass is 277 g/mol. The molecule has 2 rings (SSSR count). The van der Waals surface area contributed by atoms with Gasteiger partial charge < -0.3 is 5.32 Å². The van der Waals surface area contributed by atoms with Crippen LogP contribution in [0.25, 0.3) is 0 Å². The highest BCUT2D eigenvalue weighted by atomic mass is 32.2. The molecular formula is C13H15N3O2S. The van der Waals surface area contributed by atoms with Crippen LogP contribution >= 0.6 is 11.8 Å². The number of thioether (sulfide) groups is 1. The lowest BCUT2D eigenvalue weighted by Crippen LogP contribution is -2.20. The van der Waals surface area contributed by atoms with E-state index in [9.17, 15) is 10.1 Å². The average Bonchev–Trinajstić information content (AvgIpc) is 2.46. The summed E-state index contributed by atoms with van der Waals surface area (Å²) in [6.45, 7) is 0.813. The summed E-state index contributed by atoms with van der Waals surface area (Å²) in [6, 6.07) is 6.49. The predicted molar refractivity (Wildman–Crippen MR) is 76.4 cm³/mol. The molecule has 1 aromatic rings. The Morgan fingerprint density at radius 3 is 3.00 bits per heavy atom. The highest BCUT2D eigenvalue weighted by molar-refractivity contribution is 7.99. The molecule has 1 N–H and O–H groups in total. The first-order chi connectivity index (χ1) is 9.20. The highest BCUT2D eigenvalue weighted by Gasteiger charge is 2.16. The molecule has 0 bridgehead atoms. The van der Waals surface area contributed by atoms with Crippen molar-refractivity contribution in [2.45, 2.75) is 24.5 Å². The molecule has 1 aromatic carbocycles. The van der Waals surface area contributed by atoms with Crippen molar-refractivity contribution in [1.82, 2.24) is 0 Å². The van der Waals surface area contributed by atoms with Crippen molar-refractivity contribution in [1.29, 1.82) is 5.26 Å². The molecule has 1 saturated heterocycles. The molecule has 0 aromatic heterocycles. The Morgan fingerprint density at radius 1 is 1.53 bits per heavy atom. The lowest BCUT2D eigenvalue weighted by Gasteiger charge is -2.21. The van der Waals surface area contributed by atoms with Gasteiger partial charge in [-0.05, 0) is 30.7 Å². The van der Waals surface area contributed by atoms with Gasteiger partial charge in [-0.15, -0.1) is 0 Å². The van der Waals surface area contributed by atoms with E-state index in [1.807, 2.05) is 17.8 Å². The SMILES string of the molecule is N#Cc1ccc(NCC2CCCCS2)cc1[N+](=O)[O-]. The van der Waals surface area contributed by atoms with E-state index in [4.69, 9.17) is 5.26 Å². The van der Waals surface area contributed by atoms with Crippen LogP contribution < -0.4 is 5.32 Å². The van der Waals surface area contributed by atoms with Gasteiger partial charge in [0.05, 0.1) is 4.92 Å². The molecule has 5 nitrogen and oxygen atoms in total. The summed E-state index contributed by atoms with van der Waals surface area (Å²) in [4.78, 5) is 10.3. The minimum absolute atomic E-state index is 0.0996. The molecule has 1 aliphatic rings. The topological polar surface area (TPSA) is 79.0 Å². The van der Waals surface area contributed by atoms with Crippen LogP contribution in [0.4, 0.5) is 11.4 Å². The van der Waals surface area contributed by atoms with Gasteiger partial charge in [-0.3, -0.25) is 10.1 Å². The summed E-state index contributed by atoms with van der Waals surface area (Å²) >= 11 is 1.95. The average molecular weight is 277 g/mol. The number of nitriles is 1. The minimum Gasteiger partial charge on any atom is -0.384 e. The summed E-state index contributed by atoms with van der Waals surface area (Å²) in [5.41, 5.74) is 0.670. The van der Waals surface area contributed by atoms with Crippen LogP contribution in [0.3, 0.4) is 0 Å². The van der Waals surface area contributed by atoms with E-state index in [0.717, 1.165) is 6.54 Å². The second-order valence-electron chi connectivity index (χ2n) is 4.47. The fourth-order valence-corrected chi connectivity index (χ4v) is 3.33. The van der Waals surface area contributed by atoms with Crippen LogP contribution in [0.1, 0.15) is 24.8 Å². The van der Waals surface area contributed by atoms with Crippen molar-refractivity contribution >= 4 is 23.1 Å². The molecule has 0 spiro atoms. The maximum atomic E-state index is 10.9. The third kappa shape index (κ3) is 3.61. The normalized spacial score (nSPS) is 18.6. The van der Waals surface area contributed by atoms with Crippen LogP contribution in [-0.4, -0.2) is 22.5 Å². The van der Waals surface area contributed by atoms with Gasteiger partial charge in [-0.2, -0.15) is 17.0 Å². The van der Waals surface area contributed by atoms with E-state index < -0.39 is 4.92 Å². The number of anilines is 1. The van der Waals surface area contributed by atoms with E-state index in [1.54, 1.807) is 6.07 Å². The molecule has 19 heavy (non-hydrogen) atoms. The summed E-state index contributed by atoms with van der Waals surface area (Å²) in [5.74, 6) is 1.19. The van der Waals surface area contributed by atoms with Crippen LogP contribution in [0.2, 0.25) is 0 Å². The molecule has 1 aliphatic heterocycles. The Hall–Kier alpha value is -1.74. The van der Waals surface area contributed by atoms with Gasteiger partial charge in [0.1, 0.15) is 11.6 Å². The lowest BCUT2D eigenvalue weighted by molar-refractivity contribution is -0.385. The number of nitrogens with zero attached hydrogens (tertiary/aromatic N) is 2. The second kappa shape index (κ2) is 6.43. The van der Waals surface area contributed by atoms with Crippen LogP contribution in [0, 0.1) is 21.4 Å². The largest absolute Gasteiger partial charge is 0.384 e. The first kappa shape index (κ1) is 13.7. The van der Waals surface area contributed by atoms with Gasteiger partial charge in [0.15, 0.2) is 0 Å². The van der Waals surface area contributed by atoms with Crippen molar-refractivity contribution in [3.05, 3.63) is 33.9 Å². The molecule has 0 saturated carbocycles. The summed E-state index contributed by atoms with van der Waals surface area (Å²) in [5, 5.41) is 23.5. The Morgan fingerprint density at radius 2 is 2.37 bits per heavy atom. The zero-order valence-electron chi connectivity index (χ0n) is 10.5. The molecular weight excluding hydrogens is 262 g/mol. The van der Waals surface area contributed by atoms with Crippen molar-refractivity contribution in [3.63, 3.8) is 0 Å². The molecule has 1 fully saturated rings. The molecule has 100 valence electrons. The van der Waals surface area contributed by atoms with Crippen molar-refractivity contribution in [2.24, 2.45) is 0 Å². The quantitative estimate of drug-likeness (QED) is 0.675. The van der Waals surface area contributed by atoms with E-state index >= 15 is 0 Å². The Balaban J connectivity index is 2.02. The number of nitro benzene ring substituents is 1. The number of hydrogen-bond donors (Lipinski definition) is 1. The van der Waals surface area contributed by atoms with Crippen LogP contribution in [-0.2, 0) is 0 Å². The fraction of sp³-hybridized carbons (Fsp3) is 0.462. The van der Waals surface area contributed by atoms with Gasteiger partial charge in [0.2, 0.25) is 0 Å². The van der Waals surface area contributed by atoms with Gasteiger partial charge in [-0.1, -0.05) is 6.42 Å². The predicted octanol–water partition coefficient (Wildman–Crippen LogP) is 3.16. The van der Waals surface area contributed by atoms with E-state index in [2.05, 4.69) is 5.32 Å². The molecule has 1 unspecified atom stereocenters. The minimum atomic E-state index is -0.515. The molecule has 0 radical (unpaired) electrons. The zero-order valence-corrected chi connectivity index (χ0v) is 11.3. The molecule has 1 heterocycles. The van der Waals surface area contributed by atoms with E-state index in [0.29, 0.717) is 10.9 Å². The van der Waals surface area contributed by atoms with Gasteiger partial charge in [0, 0.05) is 23.5 Å². The maximum absolute atomic E-state index is 10.9. The van der Waals surface area contributed by atoms with Gasteiger partial charge in [-0.25, -0.2) is 0 Å². The van der Waals surface area contributed by atoms with Crippen molar-refractivity contribution in [2.75, 3.05) is 17.6 Å². The lowest BCUT2D eigenvalue weighted by atomic mass is 10.1. The second-order valence-corrected chi connectivity index (χ2v) is 5.88. The summed E-state index contributed by atoms with van der Waals surface area (Å²) in [6.07, 6.45) is 3.73. The fourth-order valence-electron chi connectivity index (χ4n) is 2.09. The van der Waals surface area contributed by atoms with E-state index in [1.165, 1.54) is 37.1 Å². The van der Waals surface area contributed by atoms with Crippen LogP contribution in [0.5, 0.6) is 0 Å². The molecule has 6 heteroatoms. The first-order valence-electron chi connectivity index (χ1n) is 6.24. The highest BCUT2D eigenvalue weighted by Crippen LogP contribution is 2.26. The number of hydrogen-bond acceptors (Lipinski definition) is 5. The smallest absolute Gasteiger partial charge is 0.289 e. The summed E-state index contributed by atoms with van der Waals surface area (Å²) < 4.78 is 0. The number of nitro groups is 1.